The first kappa shape index (κ1) is 13.5. The highest BCUT2D eigenvalue weighted by atomic mass is 35.5. The van der Waals surface area contributed by atoms with E-state index in [-0.39, 0.29) is 11.2 Å². The van der Waals surface area contributed by atoms with Gasteiger partial charge in [0.05, 0.1) is 11.4 Å². The van der Waals surface area contributed by atoms with Crippen LogP contribution < -0.4 is 11.3 Å². The van der Waals surface area contributed by atoms with Crippen LogP contribution in [0, 0.1) is 0 Å². The molecule has 0 fully saturated rings. The van der Waals surface area contributed by atoms with Crippen molar-refractivity contribution in [2.45, 2.75) is 0 Å². The largest absolute Gasteiger partial charge is 0.392 e. The first-order chi connectivity index (χ1) is 10.1. The Labute approximate surface area is 127 Å². The first-order valence-corrected chi connectivity index (χ1v) is 6.86. The van der Waals surface area contributed by atoms with Crippen LogP contribution >= 0.6 is 11.6 Å². The fraction of sp³-hybridized carbons (Fsp3) is 0.0625. The number of hydrogen-bond donors (Lipinski definition) is 1. The van der Waals surface area contributed by atoms with E-state index < -0.39 is 0 Å². The van der Waals surface area contributed by atoms with Crippen molar-refractivity contribution in [3.63, 3.8) is 0 Å². The Balaban J connectivity index is 2.28. The summed E-state index contributed by atoms with van der Waals surface area (Å²) in [4.78, 5) is 12.5. The van der Waals surface area contributed by atoms with Crippen molar-refractivity contribution in [1.82, 2.24) is 9.36 Å². The summed E-state index contributed by atoms with van der Waals surface area (Å²) >= 11 is 6.01. The summed E-state index contributed by atoms with van der Waals surface area (Å²) in [5, 5.41) is 0.570. The molecule has 4 nitrogen and oxygen atoms in total. The van der Waals surface area contributed by atoms with Gasteiger partial charge in [0, 0.05) is 17.6 Å². The molecular formula is C16H14ClN3O. The lowest BCUT2D eigenvalue weighted by atomic mass is 10.1. The minimum absolute atomic E-state index is 0.226. The topological polar surface area (TPSA) is 52.9 Å². The van der Waals surface area contributed by atoms with Gasteiger partial charge in [0.2, 0.25) is 0 Å². The second-order valence-corrected chi connectivity index (χ2v) is 5.19. The normalized spacial score (nSPS) is 10.8. The summed E-state index contributed by atoms with van der Waals surface area (Å²) in [6.45, 7) is 0. The molecule has 0 aliphatic carbocycles. The van der Waals surface area contributed by atoms with Gasteiger partial charge >= 0.3 is 0 Å². The Morgan fingerprint density at radius 2 is 1.76 bits per heavy atom. The van der Waals surface area contributed by atoms with Crippen molar-refractivity contribution in [2.24, 2.45) is 7.05 Å². The number of anilines is 1. The van der Waals surface area contributed by atoms with E-state index in [1.54, 1.807) is 29.9 Å². The quantitative estimate of drug-likeness (QED) is 0.790. The number of nitrogens with zero attached hydrogens (tertiary/aromatic N) is 2. The Morgan fingerprint density at radius 3 is 2.43 bits per heavy atom. The van der Waals surface area contributed by atoms with E-state index in [1.165, 1.54) is 4.68 Å². The first-order valence-electron chi connectivity index (χ1n) is 6.48. The second kappa shape index (κ2) is 5.14. The summed E-state index contributed by atoms with van der Waals surface area (Å²) in [7, 11) is 1.81. The van der Waals surface area contributed by atoms with E-state index in [9.17, 15) is 4.79 Å². The van der Waals surface area contributed by atoms with E-state index in [1.807, 2.05) is 36.4 Å². The van der Waals surface area contributed by atoms with E-state index in [0.29, 0.717) is 16.4 Å². The molecule has 0 aliphatic rings. The number of rotatable bonds is 2. The van der Waals surface area contributed by atoms with Crippen molar-refractivity contribution in [3.05, 3.63) is 70.0 Å². The van der Waals surface area contributed by atoms with Gasteiger partial charge in [-0.15, -0.1) is 0 Å². The smallest absolute Gasteiger partial charge is 0.295 e. The highest BCUT2D eigenvalue weighted by Gasteiger charge is 2.17. The molecule has 1 heterocycles. The number of hydrogen-bond acceptors (Lipinski definition) is 2. The second-order valence-electron chi connectivity index (χ2n) is 4.75. The van der Waals surface area contributed by atoms with E-state index in [2.05, 4.69) is 0 Å². The van der Waals surface area contributed by atoms with Crippen LogP contribution in [0.1, 0.15) is 0 Å². The third kappa shape index (κ3) is 2.23. The third-order valence-corrected chi connectivity index (χ3v) is 3.64. The highest BCUT2D eigenvalue weighted by molar-refractivity contribution is 6.30. The maximum atomic E-state index is 12.5. The molecule has 0 saturated carbocycles. The fourth-order valence-electron chi connectivity index (χ4n) is 2.46. The van der Waals surface area contributed by atoms with Crippen LogP contribution in [0.5, 0.6) is 0 Å². The SMILES string of the molecule is Cn1c(-c2ccccc2)c(N)c(=O)n1-c1cccc(Cl)c1. The molecule has 0 saturated heterocycles. The molecule has 0 atom stereocenters. The Hall–Kier alpha value is -2.46. The molecule has 1 aromatic heterocycles. The predicted molar refractivity (Wildman–Crippen MR) is 85.9 cm³/mol. The lowest BCUT2D eigenvalue weighted by Crippen LogP contribution is -2.20. The Kier molecular flexibility index (Phi) is 3.31. The molecule has 0 spiro atoms. The van der Waals surface area contributed by atoms with Gasteiger partial charge in [0.15, 0.2) is 0 Å². The maximum absolute atomic E-state index is 12.5. The minimum Gasteiger partial charge on any atom is -0.392 e. The van der Waals surface area contributed by atoms with Gasteiger partial charge in [0.1, 0.15) is 5.69 Å². The van der Waals surface area contributed by atoms with Crippen molar-refractivity contribution in [2.75, 3.05) is 5.73 Å². The number of benzene rings is 2. The molecule has 5 heteroatoms. The number of aromatic nitrogens is 2. The molecule has 2 N–H and O–H groups in total. The molecule has 3 aromatic rings. The van der Waals surface area contributed by atoms with Gasteiger partial charge in [0.25, 0.3) is 5.56 Å². The minimum atomic E-state index is -0.251. The van der Waals surface area contributed by atoms with Gasteiger partial charge in [-0.05, 0) is 18.2 Å². The fourth-order valence-corrected chi connectivity index (χ4v) is 2.65. The molecule has 0 unspecified atom stereocenters. The van der Waals surface area contributed by atoms with E-state index >= 15 is 0 Å². The van der Waals surface area contributed by atoms with Crippen molar-refractivity contribution < 1.29 is 0 Å². The summed E-state index contributed by atoms with van der Waals surface area (Å²) in [6.07, 6.45) is 0. The van der Waals surface area contributed by atoms with E-state index in [0.717, 1.165) is 5.56 Å². The van der Waals surface area contributed by atoms with E-state index in [4.69, 9.17) is 17.3 Å². The summed E-state index contributed by atoms with van der Waals surface area (Å²) < 4.78 is 3.27. The highest BCUT2D eigenvalue weighted by Crippen LogP contribution is 2.25. The standard InChI is InChI=1S/C16H14ClN3O/c1-19-15(11-6-3-2-4-7-11)14(18)16(21)20(19)13-9-5-8-12(17)10-13/h2-10H,18H2,1H3. The van der Waals surface area contributed by atoms with Gasteiger partial charge in [-0.1, -0.05) is 48.0 Å². The zero-order valence-electron chi connectivity index (χ0n) is 11.5. The maximum Gasteiger partial charge on any atom is 0.295 e. The summed E-state index contributed by atoms with van der Waals surface area (Å²) in [5.74, 6) is 0. The van der Waals surface area contributed by atoms with Crippen LogP contribution in [-0.2, 0) is 7.05 Å². The third-order valence-electron chi connectivity index (χ3n) is 3.40. The average molecular weight is 300 g/mol. The number of halogens is 1. The molecule has 0 aliphatic heterocycles. The van der Waals surface area contributed by atoms with Gasteiger partial charge in [-0.2, -0.15) is 0 Å². The van der Waals surface area contributed by atoms with Crippen LogP contribution in [0.3, 0.4) is 0 Å². The zero-order valence-corrected chi connectivity index (χ0v) is 12.2. The molecule has 0 radical (unpaired) electrons. The average Bonchev–Trinajstić information content (AvgIpc) is 2.70. The van der Waals surface area contributed by atoms with Crippen LogP contribution in [0.25, 0.3) is 16.9 Å². The van der Waals surface area contributed by atoms with Crippen LogP contribution in [0.4, 0.5) is 5.69 Å². The molecule has 3 rings (SSSR count). The molecule has 2 aromatic carbocycles. The molecular weight excluding hydrogens is 286 g/mol. The van der Waals surface area contributed by atoms with Crippen LogP contribution in [0.2, 0.25) is 5.02 Å². The summed E-state index contributed by atoms with van der Waals surface area (Å²) in [6, 6.07) is 16.7. The molecule has 0 amide bonds. The number of nitrogens with two attached hydrogens (primary N) is 1. The molecule has 106 valence electrons. The lowest BCUT2D eigenvalue weighted by Gasteiger charge is -2.10. The Morgan fingerprint density at radius 1 is 1.05 bits per heavy atom. The lowest BCUT2D eigenvalue weighted by molar-refractivity contribution is 0.652. The van der Waals surface area contributed by atoms with Gasteiger partial charge in [-0.25, -0.2) is 4.68 Å². The van der Waals surface area contributed by atoms with Gasteiger partial charge in [-0.3, -0.25) is 9.48 Å². The van der Waals surface area contributed by atoms with Crippen LogP contribution in [0.15, 0.2) is 59.4 Å². The van der Waals surface area contributed by atoms with Crippen molar-refractivity contribution >= 4 is 17.3 Å². The Bertz CT molecular complexity index is 850. The summed E-state index contributed by atoms with van der Waals surface area (Å²) in [5.41, 5.74) is 8.28. The van der Waals surface area contributed by atoms with Crippen LogP contribution in [-0.4, -0.2) is 9.36 Å². The van der Waals surface area contributed by atoms with Gasteiger partial charge < -0.3 is 5.73 Å². The molecule has 21 heavy (non-hydrogen) atoms. The van der Waals surface area contributed by atoms with Crippen molar-refractivity contribution in [3.8, 4) is 16.9 Å². The zero-order chi connectivity index (χ0) is 15.0. The molecule has 0 bridgehead atoms. The van der Waals surface area contributed by atoms with Crippen molar-refractivity contribution in [1.29, 1.82) is 0 Å². The number of nitrogen functional groups attached to an aromatic ring is 1. The predicted octanol–water partition coefficient (Wildman–Crippen LogP) is 3.08. The monoisotopic (exact) mass is 299 g/mol.